The first-order valence-corrected chi connectivity index (χ1v) is 10.9. The minimum absolute atomic E-state index is 0.0108. The number of allylic oxidation sites excluding steroid dienone is 2. The Morgan fingerprint density at radius 3 is 2.43 bits per heavy atom. The highest BCUT2D eigenvalue weighted by Crippen LogP contribution is 2.34. The second-order valence-electron chi connectivity index (χ2n) is 9.13. The van der Waals surface area contributed by atoms with Crippen molar-refractivity contribution < 1.29 is 18.0 Å². The van der Waals surface area contributed by atoms with E-state index in [0.717, 1.165) is 12.1 Å². The average molecular weight is 483 g/mol. The van der Waals surface area contributed by atoms with Crippen LogP contribution >= 0.6 is 0 Å². The van der Waals surface area contributed by atoms with Gasteiger partial charge < -0.3 is 9.88 Å². The van der Waals surface area contributed by atoms with E-state index in [1.165, 1.54) is 18.3 Å². The van der Waals surface area contributed by atoms with Crippen LogP contribution in [0.2, 0.25) is 0 Å². The Kier molecular flexibility index (Phi) is 6.88. The van der Waals surface area contributed by atoms with Crippen molar-refractivity contribution >= 4 is 22.5 Å². The largest absolute Gasteiger partial charge is 0.416 e. The molecule has 1 amide bonds. The van der Waals surface area contributed by atoms with E-state index in [9.17, 15) is 28.0 Å². The van der Waals surface area contributed by atoms with Crippen molar-refractivity contribution in [3.8, 4) is 6.07 Å². The van der Waals surface area contributed by atoms with E-state index in [2.05, 4.69) is 10.3 Å². The normalized spacial score (nSPS) is 12.8. The number of pyridine rings is 2. The lowest BCUT2D eigenvalue weighted by Crippen LogP contribution is -2.34. The molecule has 0 aliphatic heterocycles. The third-order valence-electron chi connectivity index (χ3n) is 5.47. The summed E-state index contributed by atoms with van der Waals surface area (Å²) in [6, 6.07) is 9.57. The number of nitrogens with one attached hydrogen (secondary N) is 1. The molecule has 0 fully saturated rings. The highest BCUT2D eigenvalue weighted by Gasteiger charge is 2.32. The molecule has 0 saturated carbocycles. The zero-order chi connectivity index (χ0) is 26.1. The number of amides is 1. The summed E-state index contributed by atoms with van der Waals surface area (Å²) in [6.07, 6.45) is -3.19. The van der Waals surface area contributed by atoms with Crippen LogP contribution in [0, 0.1) is 23.7 Å². The van der Waals surface area contributed by atoms with Crippen molar-refractivity contribution in [2.45, 2.75) is 47.3 Å². The van der Waals surface area contributed by atoms with Gasteiger partial charge in [0.2, 0.25) is 5.43 Å². The highest BCUT2D eigenvalue weighted by molar-refractivity contribution is 5.99. The Labute approximate surface area is 200 Å². The molecule has 9 heteroatoms. The molecule has 182 valence electrons. The number of alkyl halides is 3. The van der Waals surface area contributed by atoms with Crippen LogP contribution in [0.15, 0.2) is 53.1 Å². The van der Waals surface area contributed by atoms with Gasteiger partial charge in [-0.05, 0) is 43.7 Å². The molecule has 1 N–H and O–H groups in total. The molecular weight excluding hydrogens is 457 g/mol. The van der Waals surface area contributed by atoms with E-state index in [1.54, 1.807) is 44.4 Å². The Balaban J connectivity index is 2.18. The van der Waals surface area contributed by atoms with Gasteiger partial charge in [-0.1, -0.05) is 32.9 Å². The van der Waals surface area contributed by atoms with Gasteiger partial charge in [0.25, 0.3) is 5.91 Å². The lowest BCUT2D eigenvalue weighted by molar-refractivity contribution is -0.137. The molecule has 0 bridgehead atoms. The van der Waals surface area contributed by atoms with E-state index >= 15 is 0 Å². The third-order valence-corrected chi connectivity index (χ3v) is 5.47. The summed E-state index contributed by atoms with van der Waals surface area (Å²) >= 11 is 0. The molecule has 0 unspecified atom stereocenters. The summed E-state index contributed by atoms with van der Waals surface area (Å²) in [5, 5.41) is 12.8. The molecule has 2 heterocycles. The molecule has 0 spiro atoms. The molecule has 6 nitrogen and oxygen atoms in total. The van der Waals surface area contributed by atoms with Gasteiger partial charge in [-0.2, -0.15) is 18.4 Å². The Bertz CT molecular complexity index is 1440. The lowest BCUT2D eigenvalue weighted by atomic mass is 9.86. The molecule has 0 atom stereocenters. The van der Waals surface area contributed by atoms with E-state index in [0.29, 0.717) is 17.9 Å². The van der Waals surface area contributed by atoms with Crippen molar-refractivity contribution in [1.82, 2.24) is 14.9 Å². The summed E-state index contributed by atoms with van der Waals surface area (Å²) in [5.41, 5.74) is -1.28. The van der Waals surface area contributed by atoms with Crippen LogP contribution < -0.4 is 10.7 Å². The lowest BCUT2D eigenvalue weighted by Gasteiger charge is -2.26. The Morgan fingerprint density at radius 1 is 1.17 bits per heavy atom. The number of fused-ring (bicyclic) bond motifs is 1. The minimum atomic E-state index is -4.59. The van der Waals surface area contributed by atoms with Crippen LogP contribution in [0.5, 0.6) is 0 Å². The first kappa shape index (κ1) is 25.7. The summed E-state index contributed by atoms with van der Waals surface area (Å²) in [6.45, 7) is 9.23. The molecule has 3 rings (SSSR count). The number of carbonyl (C=O) groups is 1. The van der Waals surface area contributed by atoms with Crippen LogP contribution in [0.25, 0.3) is 16.6 Å². The first-order chi connectivity index (χ1) is 16.3. The van der Waals surface area contributed by atoms with Crippen LogP contribution in [0.3, 0.4) is 0 Å². The van der Waals surface area contributed by atoms with Crippen molar-refractivity contribution in [3.05, 3.63) is 80.9 Å². The second-order valence-corrected chi connectivity index (χ2v) is 9.13. The molecule has 0 saturated heterocycles. The number of hydrogen-bond donors (Lipinski definition) is 1. The zero-order valence-corrected chi connectivity index (χ0v) is 20.0. The summed E-state index contributed by atoms with van der Waals surface area (Å²) < 4.78 is 41.5. The van der Waals surface area contributed by atoms with Crippen molar-refractivity contribution in [2.24, 2.45) is 5.41 Å². The van der Waals surface area contributed by atoms with Crippen molar-refractivity contribution in [3.63, 3.8) is 0 Å². The number of nitrogens with zero attached hydrogens (tertiary/aromatic N) is 3. The molecule has 2 aromatic heterocycles. The van der Waals surface area contributed by atoms with Gasteiger partial charge in [0.05, 0.1) is 16.5 Å². The zero-order valence-electron chi connectivity index (χ0n) is 20.0. The molecule has 0 aliphatic carbocycles. The fourth-order valence-electron chi connectivity index (χ4n) is 3.68. The van der Waals surface area contributed by atoms with E-state index in [-0.39, 0.29) is 27.8 Å². The Morgan fingerprint density at radius 2 is 1.86 bits per heavy atom. The maximum Gasteiger partial charge on any atom is 0.416 e. The van der Waals surface area contributed by atoms with Gasteiger partial charge in [0.15, 0.2) is 0 Å². The van der Waals surface area contributed by atoms with Gasteiger partial charge in [-0.3, -0.25) is 9.59 Å². The molecule has 1 aromatic carbocycles. The number of halogens is 3. The summed E-state index contributed by atoms with van der Waals surface area (Å²) in [5.74, 6) is -0.760. The summed E-state index contributed by atoms with van der Waals surface area (Å²) in [4.78, 5) is 30.8. The van der Waals surface area contributed by atoms with Crippen LogP contribution in [0.4, 0.5) is 13.2 Å². The number of aryl methyl sites for hydroxylation is 2. The quantitative estimate of drug-likeness (QED) is 0.501. The SMILES string of the molecule is CCn1cc(C(=O)N/C(=C(/C#N)c2cccc(C(F)(F)F)c2)C(C)(C)C)c(=O)c2ccc(C)nc21. The van der Waals surface area contributed by atoms with Crippen LogP contribution in [-0.4, -0.2) is 15.5 Å². The fourth-order valence-corrected chi connectivity index (χ4v) is 3.68. The maximum absolute atomic E-state index is 13.3. The first-order valence-electron chi connectivity index (χ1n) is 10.9. The molecule has 0 aliphatic rings. The monoisotopic (exact) mass is 482 g/mol. The topological polar surface area (TPSA) is 87.8 Å². The van der Waals surface area contributed by atoms with Gasteiger partial charge in [-0.15, -0.1) is 0 Å². The molecular formula is C26H25F3N4O2. The van der Waals surface area contributed by atoms with Crippen molar-refractivity contribution in [1.29, 1.82) is 5.26 Å². The van der Waals surface area contributed by atoms with Crippen LogP contribution in [0.1, 0.15) is 54.9 Å². The average Bonchev–Trinajstić information content (AvgIpc) is 2.78. The smallest absolute Gasteiger partial charge is 0.332 e. The molecule has 3 aromatic rings. The number of carbonyl (C=O) groups excluding carboxylic acids is 1. The Hall–Kier alpha value is -3.93. The summed E-state index contributed by atoms with van der Waals surface area (Å²) in [7, 11) is 0. The van der Waals surface area contributed by atoms with Gasteiger partial charge in [0.1, 0.15) is 17.3 Å². The highest BCUT2D eigenvalue weighted by atomic mass is 19.4. The predicted molar refractivity (Wildman–Crippen MR) is 127 cm³/mol. The number of hydrogen-bond acceptors (Lipinski definition) is 4. The third kappa shape index (κ3) is 5.27. The number of benzene rings is 1. The standard InChI is InChI=1S/C26H25F3N4O2/c1-6-33-14-20(21(34)18-11-10-15(2)31-23(18)33)24(35)32-22(25(3,4)5)19(13-30)16-8-7-9-17(12-16)26(27,28)29/h7-12,14H,6H2,1-5H3,(H,32,35)/b22-19-. The van der Waals surface area contributed by atoms with Gasteiger partial charge in [0, 0.05) is 29.5 Å². The van der Waals surface area contributed by atoms with E-state index in [1.807, 2.05) is 13.0 Å². The van der Waals surface area contributed by atoms with Crippen molar-refractivity contribution in [2.75, 3.05) is 0 Å². The van der Waals surface area contributed by atoms with E-state index in [4.69, 9.17) is 0 Å². The number of nitriles is 1. The van der Waals surface area contributed by atoms with Gasteiger partial charge in [-0.25, -0.2) is 4.98 Å². The fraction of sp³-hybridized carbons (Fsp3) is 0.308. The predicted octanol–water partition coefficient (Wildman–Crippen LogP) is 5.45. The maximum atomic E-state index is 13.3. The second kappa shape index (κ2) is 9.37. The van der Waals surface area contributed by atoms with E-state index < -0.39 is 28.5 Å². The molecule has 35 heavy (non-hydrogen) atoms. The number of rotatable bonds is 4. The van der Waals surface area contributed by atoms with Gasteiger partial charge >= 0.3 is 6.18 Å². The molecule has 0 radical (unpaired) electrons. The number of aromatic nitrogens is 2. The minimum Gasteiger partial charge on any atom is -0.332 e. The van der Waals surface area contributed by atoms with Crippen LogP contribution in [-0.2, 0) is 12.7 Å².